The maximum Gasteiger partial charge on any atom is 0.335 e. The Kier molecular flexibility index (Phi) is 46.4. The highest BCUT2D eigenvalue weighted by Gasteiger charge is 2.50. The fraction of sp³-hybridized carbons (Fsp3) is 0.836. The van der Waals surface area contributed by atoms with E-state index in [2.05, 4.69) is 57.2 Å². The molecule has 0 aliphatic carbocycles. The van der Waals surface area contributed by atoms with Crippen LogP contribution in [0.1, 0.15) is 278 Å². The van der Waals surface area contributed by atoms with E-state index in [0.717, 1.165) is 89.9 Å². The molecule has 1 rings (SSSR count). The number of aliphatic hydroxyl groups is 2. The minimum Gasteiger partial charge on any atom is -0.479 e. The van der Waals surface area contributed by atoms with Gasteiger partial charge < -0.3 is 39.0 Å². The first kappa shape index (κ1) is 68.0. The molecule has 1 saturated heterocycles. The molecule has 424 valence electrons. The molecule has 1 aliphatic rings. The van der Waals surface area contributed by atoms with Crippen LogP contribution in [0.25, 0.3) is 0 Å². The molecule has 0 saturated carbocycles. The Labute approximate surface area is 444 Å². The number of carboxylic acids is 1. The minimum atomic E-state index is -1.90. The SMILES string of the molecule is CC/C=C\C/C=C\C/C=C\CCCCCCCC(=O)OCC(COC1OC(C(=O)O)C(O)C(O)C1OC(=O)CCCCCCCCCCCCCCCCC)OC(=O)CCCCCCCCCCCCCCC. The summed E-state index contributed by atoms with van der Waals surface area (Å²) in [7, 11) is 0. The number of hydrogen-bond acceptors (Lipinski definition) is 11. The molecule has 1 heterocycles. The quantitative estimate of drug-likeness (QED) is 0.0228. The number of esters is 3. The first-order valence-electron chi connectivity index (χ1n) is 30.0. The van der Waals surface area contributed by atoms with E-state index < -0.39 is 67.3 Å². The number of aliphatic carboxylic acids is 1. The maximum atomic E-state index is 13.1. The van der Waals surface area contributed by atoms with Crippen molar-refractivity contribution in [1.82, 2.24) is 0 Å². The summed E-state index contributed by atoms with van der Waals surface area (Å²) >= 11 is 0. The molecule has 12 nitrogen and oxygen atoms in total. The Balaban J connectivity index is 2.68. The topological polar surface area (TPSA) is 175 Å². The molecule has 1 aliphatic heterocycles. The molecule has 6 atom stereocenters. The lowest BCUT2D eigenvalue weighted by molar-refractivity contribution is -0.301. The number of hydrogen-bond donors (Lipinski definition) is 3. The molecule has 1 fully saturated rings. The van der Waals surface area contributed by atoms with E-state index in [1.54, 1.807) is 0 Å². The van der Waals surface area contributed by atoms with Gasteiger partial charge in [-0.05, 0) is 51.4 Å². The molecule has 0 aromatic rings. The highest BCUT2D eigenvalue weighted by Crippen LogP contribution is 2.27. The van der Waals surface area contributed by atoms with E-state index in [9.17, 15) is 34.5 Å². The summed E-state index contributed by atoms with van der Waals surface area (Å²) < 4.78 is 28.4. The molecule has 0 aromatic heterocycles. The maximum absolute atomic E-state index is 13.1. The van der Waals surface area contributed by atoms with Gasteiger partial charge in [-0.2, -0.15) is 0 Å². The van der Waals surface area contributed by atoms with Gasteiger partial charge >= 0.3 is 23.9 Å². The third-order valence-corrected chi connectivity index (χ3v) is 13.7. The molecular formula is C61H108O12. The number of allylic oxidation sites excluding steroid dienone is 6. The zero-order valence-electron chi connectivity index (χ0n) is 46.6. The van der Waals surface area contributed by atoms with Crippen molar-refractivity contribution < 1.29 is 58.2 Å². The minimum absolute atomic E-state index is 0.0647. The Morgan fingerprint density at radius 2 is 0.863 bits per heavy atom. The van der Waals surface area contributed by atoms with Gasteiger partial charge in [0.25, 0.3) is 0 Å². The summed E-state index contributed by atoms with van der Waals surface area (Å²) in [5.74, 6) is -3.11. The Morgan fingerprint density at radius 1 is 0.466 bits per heavy atom. The summed E-state index contributed by atoms with van der Waals surface area (Å²) in [4.78, 5) is 51.1. The third kappa shape index (κ3) is 39.9. The van der Waals surface area contributed by atoms with Gasteiger partial charge in [0.05, 0.1) is 6.61 Å². The number of rotatable bonds is 51. The number of aliphatic hydroxyl groups excluding tert-OH is 2. The first-order valence-corrected chi connectivity index (χ1v) is 30.0. The van der Waals surface area contributed by atoms with E-state index in [4.69, 9.17) is 23.7 Å². The highest BCUT2D eigenvalue weighted by molar-refractivity contribution is 5.74. The fourth-order valence-electron chi connectivity index (χ4n) is 9.15. The third-order valence-electron chi connectivity index (χ3n) is 13.7. The van der Waals surface area contributed by atoms with E-state index >= 15 is 0 Å². The van der Waals surface area contributed by atoms with Gasteiger partial charge in [0.1, 0.15) is 18.8 Å². The fourth-order valence-corrected chi connectivity index (χ4v) is 9.15. The Hall–Kier alpha value is -3.06. The molecule has 0 amide bonds. The average Bonchev–Trinajstić information content (AvgIpc) is 3.37. The number of carboxylic acid groups (broad SMARTS) is 1. The van der Waals surface area contributed by atoms with Crippen molar-refractivity contribution in [3.8, 4) is 0 Å². The first-order chi connectivity index (χ1) is 35.6. The lowest BCUT2D eigenvalue weighted by atomic mass is 9.98. The van der Waals surface area contributed by atoms with Crippen molar-refractivity contribution in [2.24, 2.45) is 0 Å². The van der Waals surface area contributed by atoms with E-state index in [0.29, 0.717) is 19.3 Å². The predicted molar refractivity (Wildman–Crippen MR) is 294 cm³/mol. The van der Waals surface area contributed by atoms with Crippen molar-refractivity contribution >= 4 is 23.9 Å². The second kappa shape index (κ2) is 49.8. The number of ether oxygens (including phenoxy) is 5. The van der Waals surface area contributed by atoms with E-state index in [1.165, 1.54) is 128 Å². The zero-order chi connectivity index (χ0) is 53.3. The van der Waals surface area contributed by atoms with Crippen LogP contribution in [0.5, 0.6) is 0 Å². The largest absolute Gasteiger partial charge is 0.479 e. The predicted octanol–water partition coefficient (Wildman–Crippen LogP) is 15.2. The van der Waals surface area contributed by atoms with Gasteiger partial charge in [0.15, 0.2) is 24.6 Å². The average molecular weight is 1030 g/mol. The molecule has 73 heavy (non-hydrogen) atoms. The standard InChI is InChI=1S/C61H108O12/c1-4-7-10-13-16-19-22-25-27-30-32-35-38-41-44-47-53(62)69-50-52(71-54(63)48-45-42-39-36-33-29-24-21-18-15-12-9-6-3)51-70-61-59(57(66)56(65)58(73-61)60(67)68)72-55(64)49-46-43-40-37-34-31-28-26-23-20-17-14-11-8-5-2/h7,10,16,19,25,27,52,56-59,61,65-66H,4-6,8-9,11-15,17-18,20-24,26,28-51H2,1-3H3,(H,67,68)/b10-7-,19-16-,27-25-. The van der Waals surface area contributed by atoms with E-state index in [1.807, 2.05) is 0 Å². The van der Waals surface area contributed by atoms with Crippen LogP contribution < -0.4 is 0 Å². The zero-order valence-corrected chi connectivity index (χ0v) is 46.6. The monoisotopic (exact) mass is 1030 g/mol. The van der Waals surface area contributed by atoms with Gasteiger partial charge in [-0.25, -0.2) is 4.79 Å². The molecule has 3 N–H and O–H groups in total. The molecule has 0 spiro atoms. The van der Waals surface area contributed by atoms with Crippen molar-refractivity contribution in [2.75, 3.05) is 13.2 Å². The van der Waals surface area contributed by atoms with Crippen LogP contribution in [-0.4, -0.2) is 89.2 Å². The highest BCUT2D eigenvalue weighted by atomic mass is 16.7. The lowest BCUT2D eigenvalue weighted by Gasteiger charge is -2.40. The van der Waals surface area contributed by atoms with Crippen molar-refractivity contribution in [3.63, 3.8) is 0 Å². The Bertz CT molecular complexity index is 1410. The van der Waals surface area contributed by atoms with Crippen LogP contribution in [-0.2, 0) is 42.9 Å². The van der Waals surface area contributed by atoms with Crippen LogP contribution in [0.2, 0.25) is 0 Å². The summed E-state index contributed by atoms with van der Waals surface area (Å²) in [6, 6.07) is 0. The van der Waals surface area contributed by atoms with Gasteiger partial charge in [0, 0.05) is 19.3 Å². The summed E-state index contributed by atoms with van der Waals surface area (Å²) in [5.41, 5.74) is 0. The normalized spacial score (nSPS) is 18.5. The van der Waals surface area contributed by atoms with Crippen molar-refractivity contribution in [1.29, 1.82) is 0 Å². The van der Waals surface area contributed by atoms with Crippen LogP contribution in [0.3, 0.4) is 0 Å². The number of unbranched alkanes of at least 4 members (excludes halogenated alkanes) is 31. The van der Waals surface area contributed by atoms with Crippen molar-refractivity contribution in [3.05, 3.63) is 36.5 Å². The molecule has 0 radical (unpaired) electrons. The Morgan fingerprint density at radius 3 is 1.32 bits per heavy atom. The molecule has 12 heteroatoms. The number of carbonyl (C=O) groups is 4. The molecule has 0 bridgehead atoms. The van der Waals surface area contributed by atoms with E-state index in [-0.39, 0.29) is 25.9 Å². The summed E-state index contributed by atoms with van der Waals surface area (Å²) in [6.07, 6.45) is 45.4. The van der Waals surface area contributed by atoms with Crippen molar-refractivity contribution in [2.45, 2.75) is 314 Å². The molecular weight excluding hydrogens is 925 g/mol. The van der Waals surface area contributed by atoms with Gasteiger partial charge in [-0.15, -0.1) is 0 Å². The second-order valence-corrected chi connectivity index (χ2v) is 20.6. The second-order valence-electron chi connectivity index (χ2n) is 20.6. The summed E-state index contributed by atoms with van der Waals surface area (Å²) in [5, 5.41) is 31.5. The molecule has 0 aromatic carbocycles. The number of carbonyl (C=O) groups excluding carboxylic acids is 3. The van der Waals surface area contributed by atoms with Crippen LogP contribution in [0.4, 0.5) is 0 Å². The smallest absolute Gasteiger partial charge is 0.335 e. The molecule has 6 unspecified atom stereocenters. The summed E-state index contributed by atoms with van der Waals surface area (Å²) in [6.45, 7) is 5.89. The lowest BCUT2D eigenvalue weighted by Crippen LogP contribution is -2.61. The van der Waals surface area contributed by atoms with Gasteiger partial charge in [-0.1, -0.05) is 243 Å². The van der Waals surface area contributed by atoms with Crippen LogP contribution in [0, 0.1) is 0 Å². The van der Waals surface area contributed by atoms with Crippen LogP contribution in [0.15, 0.2) is 36.5 Å². The van der Waals surface area contributed by atoms with Gasteiger partial charge in [0.2, 0.25) is 0 Å². The van der Waals surface area contributed by atoms with Gasteiger partial charge in [-0.3, -0.25) is 14.4 Å². The van der Waals surface area contributed by atoms with Crippen LogP contribution >= 0.6 is 0 Å².